The smallest absolute Gasteiger partial charge is 0.386 e. The molecule has 0 saturated carbocycles. The summed E-state index contributed by atoms with van der Waals surface area (Å²) < 4.78 is 6.17. The molecule has 0 bridgehead atoms. The van der Waals surface area contributed by atoms with Crippen molar-refractivity contribution in [2.24, 2.45) is 0 Å². The Morgan fingerprint density at radius 3 is 2.86 bits per heavy atom. The summed E-state index contributed by atoms with van der Waals surface area (Å²) in [6.45, 7) is 0.670. The van der Waals surface area contributed by atoms with Crippen LogP contribution in [-0.4, -0.2) is 16.5 Å². The van der Waals surface area contributed by atoms with Crippen LogP contribution in [0.1, 0.15) is 11.1 Å². The van der Waals surface area contributed by atoms with Gasteiger partial charge < -0.3 is 15.3 Å². The molecule has 29 heavy (non-hydrogen) atoms. The molecule has 0 spiro atoms. The normalized spacial score (nSPS) is 10.6. The summed E-state index contributed by atoms with van der Waals surface area (Å²) in [4.78, 5) is 9.35. The molecule has 0 aliphatic carbocycles. The number of ether oxygens (including phenoxy) is 1. The van der Waals surface area contributed by atoms with Crippen LogP contribution in [0.5, 0.6) is 11.6 Å². The molecule has 0 saturated heterocycles. The number of hydrogen-bond donors (Lipinski definition) is 1. The molecular formula is C20H14ClN5O2S. The maximum Gasteiger partial charge on any atom is 0.386 e. The van der Waals surface area contributed by atoms with Gasteiger partial charge in [-0.05, 0) is 24.1 Å². The summed E-state index contributed by atoms with van der Waals surface area (Å²) in [5.74, 6) is 1.29. The number of nitrogens with zero attached hydrogens (tertiary/aromatic N) is 4. The zero-order valence-electron chi connectivity index (χ0n) is 15.0. The summed E-state index contributed by atoms with van der Waals surface area (Å²) in [5, 5.41) is 27.4. The molecule has 0 amide bonds. The number of anilines is 1. The molecule has 0 fully saturated rings. The molecule has 4 aromatic rings. The number of nitriles is 1. The number of nitrogens with one attached hydrogen (secondary N) is 1. The first kappa shape index (κ1) is 18.9. The number of benzene rings is 1. The summed E-state index contributed by atoms with van der Waals surface area (Å²) in [5.41, 5.74) is 1.45. The number of rotatable bonds is 6. The number of fused-ring (bicyclic) bond motifs is 1. The van der Waals surface area contributed by atoms with E-state index < -0.39 is 0 Å². The molecule has 9 heteroatoms. The van der Waals surface area contributed by atoms with E-state index in [1.54, 1.807) is 12.1 Å². The van der Waals surface area contributed by atoms with Crippen molar-refractivity contribution in [3.05, 3.63) is 75.7 Å². The van der Waals surface area contributed by atoms with E-state index in [0.717, 1.165) is 28.0 Å². The third-order valence-electron chi connectivity index (χ3n) is 4.19. The Morgan fingerprint density at radius 1 is 1.24 bits per heavy atom. The second kappa shape index (κ2) is 8.31. The first-order valence-corrected chi connectivity index (χ1v) is 9.91. The Hall–Kier alpha value is -3.41. The topological polar surface area (TPSA) is 97.8 Å². The minimum Gasteiger partial charge on any atom is -0.616 e. The lowest BCUT2D eigenvalue weighted by atomic mass is 10.1. The third-order valence-corrected chi connectivity index (χ3v) is 5.51. The van der Waals surface area contributed by atoms with Crippen LogP contribution in [0.25, 0.3) is 10.2 Å². The highest BCUT2D eigenvalue weighted by Gasteiger charge is 2.11. The van der Waals surface area contributed by atoms with Gasteiger partial charge in [-0.1, -0.05) is 23.7 Å². The van der Waals surface area contributed by atoms with Gasteiger partial charge in [0, 0.05) is 18.0 Å². The fraction of sp³-hybridized carbons (Fsp3) is 0.100. The van der Waals surface area contributed by atoms with Crippen LogP contribution < -0.4 is 14.8 Å². The Kier molecular flexibility index (Phi) is 5.42. The summed E-state index contributed by atoms with van der Waals surface area (Å²) >= 11 is 7.71. The highest BCUT2D eigenvalue weighted by atomic mass is 35.5. The fourth-order valence-electron chi connectivity index (χ4n) is 2.75. The lowest BCUT2D eigenvalue weighted by Crippen LogP contribution is -2.27. The highest BCUT2D eigenvalue weighted by molar-refractivity contribution is 7.17. The number of thiophene rings is 1. The molecule has 0 radical (unpaired) electrons. The van der Waals surface area contributed by atoms with Crippen molar-refractivity contribution in [2.75, 3.05) is 11.9 Å². The predicted octanol–water partition coefficient (Wildman–Crippen LogP) is 4.30. The zero-order valence-corrected chi connectivity index (χ0v) is 16.6. The van der Waals surface area contributed by atoms with Crippen LogP contribution in [0.15, 0.2) is 54.3 Å². The average molecular weight is 424 g/mol. The van der Waals surface area contributed by atoms with Crippen LogP contribution >= 0.6 is 22.9 Å². The number of aromatic nitrogens is 3. The van der Waals surface area contributed by atoms with Gasteiger partial charge in [0.25, 0.3) is 0 Å². The van der Waals surface area contributed by atoms with Gasteiger partial charge in [0.15, 0.2) is 6.20 Å². The van der Waals surface area contributed by atoms with Gasteiger partial charge in [-0.3, -0.25) is 0 Å². The van der Waals surface area contributed by atoms with E-state index in [1.165, 1.54) is 36.0 Å². The van der Waals surface area contributed by atoms with Gasteiger partial charge in [-0.25, -0.2) is 9.97 Å². The van der Waals surface area contributed by atoms with Crippen molar-refractivity contribution in [1.82, 2.24) is 9.97 Å². The molecular weight excluding hydrogens is 410 g/mol. The van der Waals surface area contributed by atoms with E-state index in [1.807, 2.05) is 23.6 Å². The molecule has 144 valence electrons. The average Bonchev–Trinajstić information content (AvgIpc) is 3.13. The molecule has 0 aliphatic rings. The van der Waals surface area contributed by atoms with Crippen LogP contribution in [0.2, 0.25) is 5.02 Å². The number of hydrogen-bond acceptors (Lipinski definition) is 7. The van der Waals surface area contributed by atoms with E-state index in [-0.39, 0.29) is 5.88 Å². The minimum atomic E-state index is 0.0545. The Balaban J connectivity index is 1.39. The summed E-state index contributed by atoms with van der Waals surface area (Å²) in [6, 6.07) is 12.2. The monoisotopic (exact) mass is 423 g/mol. The molecule has 1 N–H and O–H groups in total. The summed E-state index contributed by atoms with van der Waals surface area (Å²) in [6.07, 6.45) is 3.53. The van der Waals surface area contributed by atoms with Gasteiger partial charge in [-0.2, -0.15) is 5.26 Å². The number of pyridine rings is 1. The van der Waals surface area contributed by atoms with Crippen molar-refractivity contribution < 1.29 is 9.47 Å². The van der Waals surface area contributed by atoms with E-state index in [4.69, 9.17) is 21.6 Å². The van der Waals surface area contributed by atoms with Gasteiger partial charge in [0.05, 0.1) is 28.1 Å². The summed E-state index contributed by atoms with van der Waals surface area (Å²) in [7, 11) is 0. The fourth-order valence-corrected chi connectivity index (χ4v) is 3.89. The number of halogens is 1. The highest BCUT2D eigenvalue weighted by Crippen LogP contribution is 2.32. The molecule has 0 aliphatic heterocycles. The van der Waals surface area contributed by atoms with Crippen LogP contribution in [0.4, 0.5) is 5.82 Å². The SMILES string of the molecule is N#Cc1cc[n+]([O-])c(Oc2ccc(CCNc3ncnc4scc(Cl)c34)cc2)c1. The molecule has 3 aromatic heterocycles. The third kappa shape index (κ3) is 4.21. The van der Waals surface area contributed by atoms with Gasteiger partial charge in [0.2, 0.25) is 0 Å². The van der Waals surface area contributed by atoms with Gasteiger partial charge in [0.1, 0.15) is 22.7 Å². The Labute approximate surface area is 175 Å². The predicted molar refractivity (Wildman–Crippen MR) is 111 cm³/mol. The standard InChI is InChI=1S/C20H14ClN5O2S/c21-16-11-29-20-18(16)19(24-12-25-20)23-7-5-13-1-3-15(4-2-13)28-17-9-14(10-22)6-8-26(17)27/h1-4,6,8-9,11-12H,5,7H2,(H,23,24,25). The lowest BCUT2D eigenvalue weighted by molar-refractivity contribution is -0.611. The van der Waals surface area contributed by atoms with Crippen molar-refractivity contribution in [3.63, 3.8) is 0 Å². The van der Waals surface area contributed by atoms with Crippen molar-refractivity contribution in [3.8, 4) is 17.7 Å². The van der Waals surface area contributed by atoms with E-state index >= 15 is 0 Å². The molecule has 1 aromatic carbocycles. The van der Waals surface area contributed by atoms with Crippen molar-refractivity contribution in [2.45, 2.75) is 6.42 Å². The van der Waals surface area contributed by atoms with Gasteiger partial charge >= 0.3 is 5.88 Å². The largest absolute Gasteiger partial charge is 0.616 e. The van der Waals surface area contributed by atoms with Crippen LogP contribution in [-0.2, 0) is 6.42 Å². The molecule has 4 rings (SSSR count). The lowest BCUT2D eigenvalue weighted by Gasteiger charge is -2.08. The second-order valence-corrected chi connectivity index (χ2v) is 7.37. The van der Waals surface area contributed by atoms with Gasteiger partial charge in [-0.15, -0.1) is 16.1 Å². The van der Waals surface area contributed by atoms with Crippen molar-refractivity contribution in [1.29, 1.82) is 5.26 Å². The molecule has 0 unspecified atom stereocenters. The van der Waals surface area contributed by atoms with E-state index in [0.29, 0.717) is 27.6 Å². The van der Waals surface area contributed by atoms with Crippen molar-refractivity contribution >= 4 is 39.0 Å². The quantitative estimate of drug-likeness (QED) is 0.367. The molecule has 3 heterocycles. The molecule has 7 nitrogen and oxygen atoms in total. The van der Waals surface area contributed by atoms with E-state index in [9.17, 15) is 5.21 Å². The minimum absolute atomic E-state index is 0.0545. The maximum absolute atomic E-state index is 11.8. The first-order chi connectivity index (χ1) is 14.1. The maximum atomic E-state index is 11.8. The first-order valence-electron chi connectivity index (χ1n) is 8.66. The Bertz CT molecular complexity index is 1200. The Morgan fingerprint density at radius 2 is 2.07 bits per heavy atom. The molecule has 0 atom stereocenters. The zero-order chi connectivity index (χ0) is 20.2. The second-order valence-electron chi connectivity index (χ2n) is 6.10. The van der Waals surface area contributed by atoms with E-state index in [2.05, 4.69) is 15.3 Å². The van der Waals surface area contributed by atoms with Crippen LogP contribution in [0, 0.1) is 16.5 Å². The van der Waals surface area contributed by atoms with Crippen LogP contribution in [0.3, 0.4) is 0 Å².